The van der Waals surface area contributed by atoms with E-state index in [-0.39, 0.29) is 46.4 Å². The van der Waals surface area contributed by atoms with Crippen molar-refractivity contribution in [2.24, 2.45) is 5.92 Å². The van der Waals surface area contributed by atoms with Crippen molar-refractivity contribution in [3.8, 4) is 11.1 Å². The van der Waals surface area contributed by atoms with Crippen molar-refractivity contribution in [3.05, 3.63) is 100 Å². The maximum atomic E-state index is 15.1. The van der Waals surface area contributed by atoms with E-state index in [1.54, 1.807) is 0 Å². The average molecular weight is 633 g/mol. The molecular weight excluding hydrogens is 609 g/mol. The van der Waals surface area contributed by atoms with Gasteiger partial charge in [0.15, 0.2) is 0 Å². The van der Waals surface area contributed by atoms with Crippen molar-refractivity contribution in [1.82, 2.24) is 30.4 Å². The van der Waals surface area contributed by atoms with Crippen molar-refractivity contribution < 1.29 is 40.3 Å². The van der Waals surface area contributed by atoms with Gasteiger partial charge in [-0.15, -0.1) is 0 Å². The Hall–Kier alpha value is -4.82. The van der Waals surface area contributed by atoms with Crippen LogP contribution in [0.15, 0.2) is 48.9 Å². The lowest BCUT2D eigenvalue weighted by atomic mass is 9.95. The Bertz CT molecular complexity index is 1810. The summed E-state index contributed by atoms with van der Waals surface area (Å²) < 4.78 is 101. The third-order valence-corrected chi connectivity index (χ3v) is 7.98. The molecule has 2 aromatic heterocycles. The van der Waals surface area contributed by atoms with E-state index >= 15 is 8.78 Å². The smallest absolute Gasteiger partial charge is 0.293 e. The van der Waals surface area contributed by atoms with Gasteiger partial charge in [-0.2, -0.15) is 13.9 Å². The number of halogens is 7. The van der Waals surface area contributed by atoms with Gasteiger partial charge in [-0.05, 0) is 54.2 Å². The zero-order valence-electron chi connectivity index (χ0n) is 23.3. The number of alkyl halides is 4. The highest BCUT2D eigenvalue weighted by Gasteiger charge is 2.67. The molecule has 2 aliphatic carbocycles. The Morgan fingerprint density at radius 2 is 1.80 bits per heavy atom. The van der Waals surface area contributed by atoms with Gasteiger partial charge in [-0.25, -0.2) is 31.9 Å². The van der Waals surface area contributed by atoms with Gasteiger partial charge in [0, 0.05) is 36.4 Å². The van der Waals surface area contributed by atoms with Gasteiger partial charge in [-0.3, -0.25) is 14.3 Å². The Kier molecular flexibility index (Phi) is 7.57. The van der Waals surface area contributed by atoms with Crippen LogP contribution in [-0.2, 0) is 23.7 Å². The maximum Gasteiger partial charge on any atom is 0.293 e. The molecule has 8 nitrogen and oxygen atoms in total. The van der Waals surface area contributed by atoms with Crippen molar-refractivity contribution in [1.29, 1.82) is 0 Å². The predicted octanol–water partition coefficient (Wildman–Crippen LogP) is 5.36. The summed E-state index contributed by atoms with van der Waals surface area (Å²) >= 11 is 0. The second kappa shape index (κ2) is 11.3. The van der Waals surface area contributed by atoms with Crippen LogP contribution < -0.4 is 10.6 Å². The molecule has 0 saturated heterocycles. The van der Waals surface area contributed by atoms with E-state index in [1.807, 2.05) is 0 Å². The molecule has 6 rings (SSSR count). The highest BCUT2D eigenvalue weighted by atomic mass is 19.3. The van der Waals surface area contributed by atoms with Crippen LogP contribution >= 0.6 is 0 Å². The minimum Gasteiger partial charge on any atom is -0.355 e. The molecule has 0 aliphatic heterocycles. The van der Waals surface area contributed by atoms with Gasteiger partial charge >= 0.3 is 0 Å². The number of benzene rings is 2. The number of rotatable bonds is 9. The normalized spacial score (nSPS) is 18.3. The summed E-state index contributed by atoms with van der Waals surface area (Å²) in [5.41, 5.74) is -1.46. The number of nitrogens with zero attached hydrogens (tertiary/aromatic N) is 4. The quantitative estimate of drug-likeness (QED) is 0.242. The van der Waals surface area contributed by atoms with Crippen LogP contribution in [0.4, 0.5) is 30.7 Å². The summed E-state index contributed by atoms with van der Waals surface area (Å²) in [6.07, 6.45) is -0.918. The summed E-state index contributed by atoms with van der Waals surface area (Å²) in [6.45, 7) is -0.865. The Morgan fingerprint density at radius 3 is 2.49 bits per heavy atom. The van der Waals surface area contributed by atoms with E-state index in [1.165, 1.54) is 25.4 Å². The van der Waals surface area contributed by atoms with Crippen LogP contribution in [0.1, 0.15) is 63.4 Å². The lowest BCUT2D eigenvalue weighted by molar-refractivity contribution is -0.123. The number of hydrogen-bond donors (Lipinski definition) is 2. The van der Waals surface area contributed by atoms with Crippen LogP contribution in [-0.4, -0.2) is 38.6 Å². The molecule has 2 heterocycles. The summed E-state index contributed by atoms with van der Waals surface area (Å²) in [6, 6.07) is 5.09. The number of nitrogens with one attached hydrogen (secondary N) is 2. The van der Waals surface area contributed by atoms with Crippen molar-refractivity contribution >= 4 is 11.8 Å². The Morgan fingerprint density at radius 1 is 1.07 bits per heavy atom. The molecule has 0 spiro atoms. The molecule has 15 heteroatoms. The van der Waals surface area contributed by atoms with Gasteiger partial charge in [0.1, 0.15) is 41.7 Å². The van der Waals surface area contributed by atoms with E-state index in [2.05, 4.69) is 25.7 Å². The minimum atomic E-state index is -3.45. The molecule has 2 N–H and O–H groups in total. The fourth-order valence-electron chi connectivity index (χ4n) is 5.97. The van der Waals surface area contributed by atoms with Gasteiger partial charge in [0.05, 0.1) is 17.3 Å². The Balaban J connectivity index is 1.38. The first kappa shape index (κ1) is 30.2. The molecule has 2 aliphatic rings. The first-order chi connectivity index (χ1) is 21.4. The topological polar surface area (TPSA) is 102 Å². The maximum absolute atomic E-state index is 15.1. The number of carbonyl (C=O) groups excluding carboxylic acids is 2. The first-order valence-corrected chi connectivity index (χ1v) is 13.7. The Labute approximate surface area is 250 Å². The van der Waals surface area contributed by atoms with Gasteiger partial charge in [-0.1, -0.05) is 6.07 Å². The second-order valence-corrected chi connectivity index (χ2v) is 10.9. The number of hydrogen-bond acceptors (Lipinski definition) is 5. The molecule has 1 saturated carbocycles. The first-order valence-electron chi connectivity index (χ1n) is 13.7. The minimum absolute atomic E-state index is 0.0470. The number of amides is 2. The molecular formula is C30H23F7N6O2. The van der Waals surface area contributed by atoms with Crippen molar-refractivity contribution in [2.75, 3.05) is 7.05 Å². The van der Waals surface area contributed by atoms with Gasteiger partial charge < -0.3 is 10.6 Å². The van der Waals surface area contributed by atoms with Crippen LogP contribution in [0.25, 0.3) is 11.1 Å². The zero-order chi connectivity index (χ0) is 32.2. The highest BCUT2D eigenvalue weighted by molar-refractivity contribution is 5.95. The zero-order valence-corrected chi connectivity index (χ0v) is 23.3. The largest absolute Gasteiger partial charge is 0.355 e. The van der Waals surface area contributed by atoms with Crippen molar-refractivity contribution in [2.45, 2.75) is 43.7 Å². The van der Waals surface area contributed by atoms with Gasteiger partial charge in [0.2, 0.25) is 5.91 Å². The summed E-state index contributed by atoms with van der Waals surface area (Å²) in [7, 11) is 1.31. The molecule has 45 heavy (non-hydrogen) atoms. The fraction of sp³-hybridized carbons (Fsp3) is 0.300. The van der Waals surface area contributed by atoms with E-state index in [9.17, 15) is 31.5 Å². The fourth-order valence-corrected chi connectivity index (χ4v) is 5.97. The van der Waals surface area contributed by atoms with E-state index in [0.29, 0.717) is 10.7 Å². The summed E-state index contributed by atoms with van der Waals surface area (Å²) in [5, 5.41) is 8.59. The lowest BCUT2D eigenvalue weighted by Gasteiger charge is -2.22. The van der Waals surface area contributed by atoms with Crippen LogP contribution in [0, 0.1) is 23.4 Å². The molecule has 2 unspecified atom stereocenters. The van der Waals surface area contributed by atoms with E-state index in [4.69, 9.17) is 0 Å². The predicted molar refractivity (Wildman–Crippen MR) is 144 cm³/mol. The monoisotopic (exact) mass is 632 g/mol. The average Bonchev–Trinajstić information content (AvgIpc) is 3.65. The number of carbonyl (C=O) groups is 2. The molecule has 234 valence electrons. The van der Waals surface area contributed by atoms with E-state index < -0.39 is 77.4 Å². The summed E-state index contributed by atoms with van der Waals surface area (Å²) in [4.78, 5) is 33.8. The van der Waals surface area contributed by atoms with Crippen molar-refractivity contribution in [3.63, 3.8) is 0 Å². The van der Waals surface area contributed by atoms with E-state index in [0.717, 1.165) is 24.5 Å². The second-order valence-electron chi connectivity index (χ2n) is 10.9. The number of fused-ring (bicyclic) bond motifs is 3. The lowest BCUT2D eigenvalue weighted by Crippen LogP contribution is -2.35. The molecule has 1 fully saturated rings. The molecule has 2 amide bonds. The van der Waals surface area contributed by atoms with Crippen LogP contribution in [0.3, 0.4) is 0 Å². The van der Waals surface area contributed by atoms with Gasteiger partial charge in [0.25, 0.3) is 18.3 Å². The molecule has 0 radical (unpaired) electrons. The third kappa shape index (κ3) is 5.51. The molecule has 3 atom stereocenters. The highest BCUT2D eigenvalue weighted by Crippen LogP contribution is 2.68. The third-order valence-electron chi connectivity index (χ3n) is 7.98. The number of aromatic nitrogens is 4. The molecule has 0 bridgehead atoms. The molecule has 4 aromatic rings. The SMILES string of the molecule is CNC(=O)c1cc(-c2cncnc2[C@H](Cc2cc(F)cc(F)c2)NC(=O)Cn2nc(C(F)F)c3c2C(F)(F)C2CC32)ccc1F. The van der Waals surface area contributed by atoms with Crippen LogP contribution in [0.2, 0.25) is 0 Å². The standard InChI is InChI=1S/C30H23F7N6O2/c1-38-29(45)18-7-14(2-3-21(18)33)19-10-39-12-40-25(19)22(6-13-4-15(31)8-16(32)5-13)41-23(44)11-43-27-24(26(42-43)28(34)35)17-9-20(17)30(27,36)37/h2-5,7-8,10,12,17,20,22,28H,6,9,11H2,1H3,(H,38,45)(H,41,44)/t17?,20?,22-/m0/s1. The summed E-state index contributed by atoms with van der Waals surface area (Å²) in [5.74, 6) is -9.63. The molecule has 2 aromatic carbocycles. The van der Waals surface area contributed by atoms with Crippen LogP contribution in [0.5, 0.6) is 0 Å².